The molecule has 10 nitrogen and oxygen atoms in total. The molecule has 1 aliphatic carbocycles. The van der Waals surface area contributed by atoms with Crippen LogP contribution in [0.2, 0.25) is 5.02 Å². The van der Waals surface area contributed by atoms with Crippen molar-refractivity contribution in [2.75, 3.05) is 5.32 Å². The lowest BCUT2D eigenvalue weighted by molar-refractivity contribution is 0.0468. The van der Waals surface area contributed by atoms with E-state index in [1.165, 1.54) is 0 Å². The van der Waals surface area contributed by atoms with Crippen molar-refractivity contribution >= 4 is 40.2 Å². The molecule has 0 aliphatic heterocycles. The van der Waals surface area contributed by atoms with Gasteiger partial charge < -0.3 is 15.4 Å². The number of nitrogens with one attached hydrogen (secondary N) is 2. The number of benzene rings is 1. The minimum absolute atomic E-state index is 0.197. The smallest absolute Gasteiger partial charge is 0.408 e. The van der Waals surface area contributed by atoms with Gasteiger partial charge in [-0.25, -0.2) is 14.8 Å². The van der Waals surface area contributed by atoms with Crippen LogP contribution in [0.5, 0.6) is 0 Å². The summed E-state index contributed by atoms with van der Waals surface area (Å²) in [6.45, 7) is 17.5. The summed E-state index contributed by atoms with van der Waals surface area (Å²) in [5, 5.41) is 12.7. The lowest BCUT2D eigenvalue weighted by atomic mass is 9.72. The number of carbonyl (C=O) groups excluding carboxylic acids is 1. The summed E-state index contributed by atoms with van der Waals surface area (Å²) in [5.41, 5.74) is 2.41. The number of amides is 1. The maximum Gasteiger partial charge on any atom is 0.408 e. The van der Waals surface area contributed by atoms with E-state index < -0.39 is 17.2 Å². The van der Waals surface area contributed by atoms with Gasteiger partial charge in [-0.2, -0.15) is 4.52 Å². The van der Waals surface area contributed by atoms with E-state index in [1.807, 2.05) is 59.7 Å². The highest BCUT2D eigenvalue weighted by molar-refractivity contribution is 6.35. The van der Waals surface area contributed by atoms with E-state index in [4.69, 9.17) is 41.4 Å². The van der Waals surface area contributed by atoms with Gasteiger partial charge in [0.15, 0.2) is 11.5 Å². The molecule has 1 fully saturated rings. The molecule has 0 unspecified atom stereocenters. The van der Waals surface area contributed by atoms with Crippen molar-refractivity contribution in [1.82, 2.24) is 34.9 Å². The second-order valence-electron chi connectivity index (χ2n) is 13.5. The van der Waals surface area contributed by atoms with Crippen molar-refractivity contribution < 1.29 is 9.53 Å². The zero-order chi connectivity index (χ0) is 29.9. The molecule has 0 bridgehead atoms. The number of aromatic nitrogens is 6. The van der Waals surface area contributed by atoms with Crippen molar-refractivity contribution in [3.05, 3.63) is 52.3 Å². The van der Waals surface area contributed by atoms with Crippen LogP contribution in [0, 0.1) is 6.92 Å². The topological polar surface area (TPSA) is 119 Å². The number of rotatable bonds is 5. The van der Waals surface area contributed by atoms with Crippen molar-refractivity contribution in [1.29, 1.82) is 0 Å². The molecule has 3 aromatic heterocycles. The van der Waals surface area contributed by atoms with Crippen LogP contribution in [0.4, 0.5) is 10.7 Å². The molecule has 1 amide bonds. The van der Waals surface area contributed by atoms with E-state index in [-0.39, 0.29) is 17.4 Å². The average Bonchev–Trinajstić information content (AvgIpc) is 3.23. The predicted octanol–water partition coefficient (Wildman–Crippen LogP) is 6.66. The summed E-state index contributed by atoms with van der Waals surface area (Å²) < 4.78 is 7.22. The van der Waals surface area contributed by atoms with Crippen LogP contribution in [-0.4, -0.2) is 46.8 Å². The summed E-state index contributed by atoms with van der Waals surface area (Å²) in [7, 11) is 0. The van der Waals surface area contributed by atoms with Crippen LogP contribution in [0.1, 0.15) is 103 Å². The molecular formula is C30H39ClN8O2. The van der Waals surface area contributed by atoms with Gasteiger partial charge in [0.2, 0.25) is 5.95 Å². The molecule has 4 aromatic rings. The van der Waals surface area contributed by atoms with Gasteiger partial charge in [0.05, 0.1) is 39.4 Å². The SMILES string of the molecule is Cc1nc(C(C)(C)NC(=O)OC(C)(C)C)cnc1C1CC(c2nc3c4cccc(Cl)c4nc(NC(C)(C)C)n3n2)C1. The van der Waals surface area contributed by atoms with Crippen molar-refractivity contribution in [2.24, 2.45) is 0 Å². The third-order valence-electron chi connectivity index (χ3n) is 7.08. The number of hydrogen-bond acceptors (Lipinski definition) is 8. The van der Waals surface area contributed by atoms with E-state index in [1.54, 1.807) is 10.7 Å². The van der Waals surface area contributed by atoms with E-state index in [0.29, 0.717) is 22.2 Å². The largest absolute Gasteiger partial charge is 0.444 e. The fourth-order valence-electron chi connectivity index (χ4n) is 5.07. The Morgan fingerprint density at radius 2 is 1.73 bits per heavy atom. The number of alkyl carbamates (subject to hydrolysis) is 1. The number of ether oxygens (including phenoxy) is 1. The van der Waals surface area contributed by atoms with Crippen LogP contribution in [0.15, 0.2) is 24.4 Å². The molecular weight excluding hydrogens is 540 g/mol. The highest BCUT2D eigenvalue weighted by Crippen LogP contribution is 2.47. The van der Waals surface area contributed by atoms with Crippen LogP contribution in [0.3, 0.4) is 0 Å². The Hall–Kier alpha value is -3.53. The van der Waals surface area contributed by atoms with Crippen molar-refractivity contribution in [3.63, 3.8) is 0 Å². The van der Waals surface area contributed by atoms with Gasteiger partial charge in [0.25, 0.3) is 0 Å². The molecule has 11 heteroatoms. The molecule has 1 aliphatic rings. The maximum absolute atomic E-state index is 12.4. The Bertz CT molecular complexity index is 1630. The third-order valence-corrected chi connectivity index (χ3v) is 7.39. The van der Waals surface area contributed by atoms with Crippen LogP contribution < -0.4 is 10.6 Å². The molecule has 1 saturated carbocycles. The first-order valence-electron chi connectivity index (χ1n) is 14.0. The molecule has 3 heterocycles. The fourth-order valence-corrected chi connectivity index (χ4v) is 5.29. The molecule has 0 atom stereocenters. The Kier molecular flexibility index (Phi) is 7.12. The third kappa shape index (κ3) is 6.07. The lowest BCUT2D eigenvalue weighted by Gasteiger charge is -2.34. The molecule has 5 rings (SSSR count). The van der Waals surface area contributed by atoms with E-state index in [9.17, 15) is 4.79 Å². The van der Waals surface area contributed by atoms with E-state index >= 15 is 0 Å². The molecule has 41 heavy (non-hydrogen) atoms. The van der Waals surface area contributed by atoms with Crippen molar-refractivity contribution in [2.45, 2.75) is 104 Å². The van der Waals surface area contributed by atoms with E-state index in [2.05, 4.69) is 31.4 Å². The number of fused-ring (bicyclic) bond motifs is 3. The van der Waals surface area contributed by atoms with Gasteiger partial charge in [0.1, 0.15) is 5.60 Å². The first-order valence-corrected chi connectivity index (χ1v) is 14.4. The van der Waals surface area contributed by atoms with Crippen molar-refractivity contribution in [3.8, 4) is 0 Å². The first kappa shape index (κ1) is 29.0. The highest BCUT2D eigenvalue weighted by Gasteiger charge is 2.37. The van der Waals surface area contributed by atoms with Crippen LogP contribution in [-0.2, 0) is 10.3 Å². The fraction of sp³-hybridized carbons (Fsp3) is 0.533. The molecule has 2 N–H and O–H groups in total. The predicted molar refractivity (Wildman–Crippen MR) is 161 cm³/mol. The number of anilines is 1. The number of halogens is 1. The van der Waals surface area contributed by atoms with E-state index in [0.717, 1.165) is 41.1 Å². The summed E-state index contributed by atoms with van der Waals surface area (Å²) in [6, 6.07) is 5.73. The number of aryl methyl sites for hydroxylation is 1. The zero-order valence-electron chi connectivity index (χ0n) is 25.3. The van der Waals surface area contributed by atoms with Gasteiger partial charge in [-0.1, -0.05) is 17.7 Å². The minimum Gasteiger partial charge on any atom is -0.444 e. The Balaban J connectivity index is 1.36. The van der Waals surface area contributed by atoms with Gasteiger partial charge in [0, 0.05) is 22.8 Å². The Labute approximate surface area is 245 Å². The number of hydrogen-bond donors (Lipinski definition) is 2. The normalized spacial score (nSPS) is 17.9. The Morgan fingerprint density at radius 3 is 2.37 bits per heavy atom. The monoisotopic (exact) mass is 578 g/mol. The standard InChI is InChI=1S/C30H39ClN8O2/c1-16-22(32-15-21(33-16)30(8,9)37-27(40)41-29(5,6)7)17-13-18(14-17)24-35-25-19-11-10-12-20(31)23(19)34-26(39(25)38-24)36-28(2,3)4/h10-12,15,17-18H,13-14H2,1-9H3,(H,34,36)(H,37,40). The van der Waals surface area contributed by atoms with Crippen LogP contribution >= 0.6 is 11.6 Å². The zero-order valence-corrected chi connectivity index (χ0v) is 26.0. The highest BCUT2D eigenvalue weighted by atomic mass is 35.5. The molecule has 0 spiro atoms. The van der Waals surface area contributed by atoms with Gasteiger partial charge in [-0.3, -0.25) is 9.97 Å². The summed E-state index contributed by atoms with van der Waals surface area (Å²) in [6.07, 6.45) is 3.01. The second kappa shape index (κ2) is 10.1. The quantitative estimate of drug-likeness (QED) is 0.270. The molecule has 218 valence electrons. The number of nitrogens with zero attached hydrogens (tertiary/aromatic N) is 6. The maximum atomic E-state index is 12.4. The number of para-hydroxylation sites is 1. The number of carbonyl (C=O) groups is 1. The van der Waals surface area contributed by atoms with Gasteiger partial charge in [-0.05, 0) is 87.3 Å². The molecule has 0 saturated heterocycles. The van der Waals surface area contributed by atoms with Gasteiger partial charge in [-0.15, -0.1) is 5.10 Å². The minimum atomic E-state index is -0.736. The summed E-state index contributed by atoms with van der Waals surface area (Å²) >= 11 is 6.51. The van der Waals surface area contributed by atoms with Gasteiger partial charge >= 0.3 is 6.09 Å². The summed E-state index contributed by atoms with van der Waals surface area (Å²) in [4.78, 5) is 31.8. The molecule has 0 radical (unpaired) electrons. The average molecular weight is 579 g/mol. The Morgan fingerprint density at radius 1 is 1.02 bits per heavy atom. The first-order chi connectivity index (χ1) is 19.0. The lowest BCUT2D eigenvalue weighted by Crippen LogP contribution is -2.44. The van der Waals surface area contributed by atoms with Crippen LogP contribution in [0.25, 0.3) is 16.6 Å². The molecule has 1 aromatic carbocycles. The summed E-state index contributed by atoms with van der Waals surface area (Å²) in [5.74, 6) is 1.86. The second-order valence-corrected chi connectivity index (χ2v) is 13.9.